The Hall–Kier alpha value is -1.70. The van der Waals surface area contributed by atoms with Crippen LogP contribution < -0.4 is 0 Å². The Bertz CT molecular complexity index is 326. The van der Waals surface area contributed by atoms with Crippen LogP contribution in [0.15, 0.2) is 0 Å². The quantitative estimate of drug-likeness (QED) is 0.395. The van der Waals surface area contributed by atoms with Crippen molar-refractivity contribution in [2.75, 3.05) is 6.61 Å². The second kappa shape index (κ2) is 11.4. The van der Waals surface area contributed by atoms with Gasteiger partial charge in [-0.05, 0) is 32.1 Å². The Morgan fingerprint density at radius 3 is 2.53 bits per heavy atom. The molecule has 0 fully saturated rings. The third-order valence-electron chi connectivity index (χ3n) is 2.26. The predicted molar refractivity (Wildman–Crippen MR) is 70.3 cm³/mol. The first-order valence-corrected chi connectivity index (χ1v) is 6.59. The summed E-state index contributed by atoms with van der Waals surface area (Å²) in [6.45, 7) is 4.32. The molecule has 0 aliphatic rings. The lowest BCUT2D eigenvalue weighted by Gasteiger charge is -2.06. The summed E-state index contributed by atoms with van der Waals surface area (Å²) < 4.78 is 10.1. The molecule has 0 bridgehead atoms. The number of hydrogen-bond acceptors (Lipinski definition) is 4. The van der Waals surface area contributed by atoms with E-state index in [1.807, 2.05) is 0 Å². The van der Waals surface area contributed by atoms with Crippen LogP contribution in [0.5, 0.6) is 0 Å². The first kappa shape index (κ1) is 17.3. The van der Waals surface area contributed by atoms with Gasteiger partial charge in [0.05, 0.1) is 0 Å². The molecule has 5 nitrogen and oxygen atoms in total. The normalized spacial score (nSPS) is 11.1. The summed E-state index contributed by atoms with van der Waals surface area (Å²) in [7, 11) is 0. The minimum absolute atomic E-state index is 0.0773. The SMILES string of the molecule is CCCCOC#CC(C)OC(=O)CCCCC(=O)O. The van der Waals surface area contributed by atoms with Crippen LogP contribution in [-0.4, -0.2) is 29.8 Å². The predicted octanol–water partition coefficient (Wildman–Crippen LogP) is 2.34. The number of carbonyl (C=O) groups excluding carboxylic acids is 1. The topological polar surface area (TPSA) is 72.8 Å². The van der Waals surface area contributed by atoms with Crippen LogP contribution in [0.2, 0.25) is 0 Å². The van der Waals surface area contributed by atoms with E-state index < -0.39 is 12.1 Å². The van der Waals surface area contributed by atoms with Gasteiger partial charge in [-0.25, -0.2) is 0 Å². The smallest absolute Gasteiger partial charge is 0.307 e. The largest absolute Gasteiger partial charge is 0.481 e. The van der Waals surface area contributed by atoms with Crippen LogP contribution >= 0.6 is 0 Å². The summed E-state index contributed by atoms with van der Waals surface area (Å²) in [6, 6.07) is 0. The molecule has 0 heterocycles. The molecule has 1 N–H and O–H groups in total. The van der Waals surface area contributed by atoms with Crippen LogP contribution in [0.1, 0.15) is 52.4 Å². The molecule has 19 heavy (non-hydrogen) atoms. The molecule has 5 heteroatoms. The highest BCUT2D eigenvalue weighted by atomic mass is 16.5. The molecule has 108 valence electrons. The zero-order valence-electron chi connectivity index (χ0n) is 11.6. The number of carboxylic acid groups (broad SMARTS) is 1. The molecule has 0 saturated heterocycles. The van der Waals surface area contributed by atoms with Gasteiger partial charge in [-0.15, -0.1) is 0 Å². The van der Waals surface area contributed by atoms with E-state index in [0.29, 0.717) is 19.4 Å². The number of carboxylic acids is 1. The van der Waals surface area contributed by atoms with Crippen molar-refractivity contribution in [2.24, 2.45) is 0 Å². The van der Waals surface area contributed by atoms with Gasteiger partial charge >= 0.3 is 11.9 Å². The average molecular weight is 270 g/mol. The number of ether oxygens (including phenoxy) is 2. The van der Waals surface area contributed by atoms with Gasteiger partial charge in [0.15, 0.2) is 6.10 Å². The first-order chi connectivity index (χ1) is 9.06. The fraction of sp³-hybridized carbons (Fsp3) is 0.714. The number of rotatable bonds is 9. The molecule has 1 unspecified atom stereocenters. The van der Waals surface area contributed by atoms with Crippen LogP contribution in [0.25, 0.3) is 0 Å². The number of aliphatic carboxylic acids is 1. The molecule has 0 aromatic carbocycles. The van der Waals surface area contributed by atoms with Gasteiger partial charge in [0.2, 0.25) is 0 Å². The lowest BCUT2D eigenvalue weighted by Crippen LogP contribution is -2.13. The number of unbranched alkanes of at least 4 members (excludes halogenated alkanes) is 2. The van der Waals surface area contributed by atoms with Gasteiger partial charge in [-0.2, -0.15) is 0 Å². The fourth-order valence-corrected chi connectivity index (χ4v) is 1.22. The molecular formula is C14H22O5. The maximum atomic E-state index is 11.4. The van der Waals surface area contributed by atoms with Gasteiger partial charge in [0, 0.05) is 12.8 Å². The van der Waals surface area contributed by atoms with Crippen molar-refractivity contribution in [2.45, 2.75) is 58.5 Å². The van der Waals surface area contributed by atoms with Crippen molar-refractivity contribution in [3.63, 3.8) is 0 Å². The Morgan fingerprint density at radius 2 is 1.89 bits per heavy atom. The maximum Gasteiger partial charge on any atom is 0.307 e. The van der Waals surface area contributed by atoms with E-state index >= 15 is 0 Å². The summed E-state index contributed by atoms with van der Waals surface area (Å²) in [6.07, 6.45) is 5.28. The average Bonchev–Trinajstić information content (AvgIpc) is 2.34. The van der Waals surface area contributed by atoms with Gasteiger partial charge in [0.25, 0.3) is 0 Å². The van der Waals surface area contributed by atoms with Gasteiger partial charge in [-0.3, -0.25) is 9.59 Å². The monoisotopic (exact) mass is 270 g/mol. The molecule has 0 aromatic heterocycles. The van der Waals surface area contributed by atoms with E-state index in [4.69, 9.17) is 14.6 Å². The van der Waals surface area contributed by atoms with Crippen molar-refractivity contribution < 1.29 is 24.2 Å². The maximum absolute atomic E-state index is 11.4. The van der Waals surface area contributed by atoms with Gasteiger partial charge in [-0.1, -0.05) is 13.3 Å². The molecule has 0 rings (SSSR count). The van der Waals surface area contributed by atoms with Crippen LogP contribution in [0.4, 0.5) is 0 Å². The van der Waals surface area contributed by atoms with E-state index in [1.165, 1.54) is 0 Å². The molecule has 0 aliphatic carbocycles. The van der Waals surface area contributed by atoms with Crippen molar-refractivity contribution in [3.8, 4) is 12.0 Å². The second-order valence-corrected chi connectivity index (χ2v) is 4.18. The summed E-state index contributed by atoms with van der Waals surface area (Å²) in [4.78, 5) is 21.6. The van der Waals surface area contributed by atoms with E-state index in [-0.39, 0.29) is 18.8 Å². The van der Waals surface area contributed by atoms with Crippen LogP contribution in [0, 0.1) is 12.0 Å². The van der Waals surface area contributed by atoms with Crippen LogP contribution in [0.3, 0.4) is 0 Å². The molecule has 0 amide bonds. The van der Waals surface area contributed by atoms with Crippen LogP contribution in [-0.2, 0) is 19.1 Å². The number of carbonyl (C=O) groups is 2. The second-order valence-electron chi connectivity index (χ2n) is 4.18. The molecule has 0 aliphatic heterocycles. The number of esters is 1. The lowest BCUT2D eigenvalue weighted by atomic mass is 10.2. The zero-order chi connectivity index (χ0) is 14.5. The molecule has 0 saturated carbocycles. The van der Waals surface area contributed by atoms with E-state index in [9.17, 15) is 9.59 Å². The lowest BCUT2D eigenvalue weighted by molar-refractivity contribution is -0.146. The third kappa shape index (κ3) is 12.5. The molecule has 1 atom stereocenters. The zero-order valence-corrected chi connectivity index (χ0v) is 11.6. The molecule has 0 radical (unpaired) electrons. The minimum Gasteiger partial charge on any atom is -0.481 e. The first-order valence-electron chi connectivity index (χ1n) is 6.59. The van der Waals surface area contributed by atoms with Crippen molar-refractivity contribution >= 4 is 11.9 Å². The summed E-state index contributed by atoms with van der Waals surface area (Å²) in [5.41, 5.74) is 0. The Kier molecular flexibility index (Phi) is 10.4. The van der Waals surface area contributed by atoms with E-state index in [0.717, 1.165) is 12.8 Å². The van der Waals surface area contributed by atoms with Gasteiger partial charge in [0.1, 0.15) is 12.7 Å². The fourth-order valence-electron chi connectivity index (χ4n) is 1.22. The van der Waals surface area contributed by atoms with Crippen molar-refractivity contribution in [1.29, 1.82) is 0 Å². The molecule has 0 aromatic rings. The summed E-state index contributed by atoms with van der Waals surface area (Å²) in [5.74, 6) is 1.46. The molecule has 0 spiro atoms. The highest BCUT2D eigenvalue weighted by molar-refractivity contribution is 5.70. The summed E-state index contributed by atoms with van der Waals surface area (Å²) in [5, 5.41) is 8.43. The highest BCUT2D eigenvalue weighted by Crippen LogP contribution is 2.03. The third-order valence-corrected chi connectivity index (χ3v) is 2.26. The summed E-state index contributed by atoms with van der Waals surface area (Å²) >= 11 is 0. The van der Waals surface area contributed by atoms with E-state index in [2.05, 4.69) is 19.0 Å². The Balaban J connectivity index is 3.65. The standard InChI is InChI=1S/C14H22O5/c1-3-4-10-18-11-9-12(2)19-14(17)8-6-5-7-13(15)16/h12H,3-8,10H2,1-2H3,(H,15,16). The van der Waals surface area contributed by atoms with Crippen molar-refractivity contribution in [1.82, 2.24) is 0 Å². The highest BCUT2D eigenvalue weighted by Gasteiger charge is 2.07. The molecular weight excluding hydrogens is 248 g/mol. The Labute approximate surface area is 114 Å². The Morgan fingerprint density at radius 1 is 1.21 bits per heavy atom. The van der Waals surface area contributed by atoms with Gasteiger partial charge < -0.3 is 14.6 Å². The van der Waals surface area contributed by atoms with E-state index in [1.54, 1.807) is 6.92 Å². The minimum atomic E-state index is -0.850. The number of hydrogen-bond donors (Lipinski definition) is 1. The van der Waals surface area contributed by atoms with Crippen molar-refractivity contribution in [3.05, 3.63) is 0 Å².